The fourth-order valence-electron chi connectivity index (χ4n) is 2.67. The Morgan fingerprint density at radius 3 is 2.30 bits per heavy atom. The topological polar surface area (TPSA) is 75.6 Å². The van der Waals surface area contributed by atoms with E-state index in [1.54, 1.807) is 12.2 Å². The quantitative estimate of drug-likeness (QED) is 0.819. The van der Waals surface area contributed by atoms with Crippen LogP contribution in [0.1, 0.15) is 0 Å². The van der Waals surface area contributed by atoms with Crippen molar-refractivity contribution in [2.45, 2.75) is 12.2 Å². The van der Waals surface area contributed by atoms with Gasteiger partial charge in [-0.05, 0) is 24.3 Å². The number of carbonyl (C=O) groups is 2. The Hall–Kier alpha value is -2.21. The van der Waals surface area contributed by atoms with Crippen molar-refractivity contribution in [1.29, 1.82) is 0 Å². The number of carboxylic acids is 1. The van der Waals surface area contributed by atoms with Crippen molar-refractivity contribution < 1.29 is 23.8 Å². The second-order valence-electron chi connectivity index (χ2n) is 4.84. The second-order valence-corrected chi connectivity index (χ2v) is 4.84. The predicted octanol–water partition coefficient (Wildman–Crippen LogP) is 1.42. The third kappa shape index (κ3) is 2.08. The van der Waals surface area contributed by atoms with Crippen molar-refractivity contribution in [1.82, 2.24) is 0 Å². The number of ether oxygens (including phenoxy) is 1. The van der Waals surface area contributed by atoms with Crippen molar-refractivity contribution in [3.63, 3.8) is 0 Å². The van der Waals surface area contributed by atoms with E-state index >= 15 is 0 Å². The molecule has 2 aliphatic rings. The molecule has 5 nitrogen and oxygen atoms in total. The van der Waals surface area contributed by atoms with Crippen LogP contribution in [-0.2, 0) is 14.3 Å². The SMILES string of the molecule is O=C(Nc1ccc(F)cc1)[C@@H]1[C@H](C(=O)O)[C@@H]2C=C[C@H]1O2. The highest BCUT2D eigenvalue weighted by Crippen LogP contribution is 2.39. The van der Waals surface area contributed by atoms with Crippen molar-refractivity contribution in [3.8, 4) is 0 Å². The lowest BCUT2D eigenvalue weighted by Crippen LogP contribution is -2.39. The minimum atomic E-state index is -1.05. The Morgan fingerprint density at radius 2 is 1.70 bits per heavy atom. The van der Waals surface area contributed by atoms with E-state index in [2.05, 4.69) is 5.32 Å². The lowest BCUT2D eigenvalue weighted by Gasteiger charge is -2.20. The van der Waals surface area contributed by atoms with Crippen LogP contribution >= 0.6 is 0 Å². The number of anilines is 1. The van der Waals surface area contributed by atoms with Gasteiger partial charge >= 0.3 is 5.97 Å². The first-order valence-electron chi connectivity index (χ1n) is 6.19. The molecule has 2 bridgehead atoms. The first kappa shape index (κ1) is 12.8. The van der Waals surface area contributed by atoms with Gasteiger partial charge in [-0.15, -0.1) is 0 Å². The molecule has 1 aromatic rings. The summed E-state index contributed by atoms with van der Waals surface area (Å²) in [5.41, 5.74) is 0.423. The molecular weight excluding hydrogens is 265 g/mol. The van der Waals surface area contributed by atoms with Gasteiger partial charge in [0.2, 0.25) is 5.91 Å². The molecule has 1 fully saturated rings. The molecule has 0 saturated carbocycles. The number of fused-ring (bicyclic) bond motifs is 2. The maximum Gasteiger partial charge on any atom is 0.310 e. The van der Waals surface area contributed by atoms with Crippen LogP contribution in [-0.4, -0.2) is 29.2 Å². The molecule has 1 amide bonds. The molecule has 20 heavy (non-hydrogen) atoms. The lowest BCUT2D eigenvalue weighted by atomic mass is 9.82. The Morgan fingerprint density at radius 1 is 1.10 bits per heavy atom. The van der Waals surface area contributed by atoms with Crippen LogP contribution in [0.25, 0.3) is 0 Å². The van der Waals surface area contributed by atoms with Crippen LogP contribution in [0, 0.1) is 17.7 Å². The zero-order chi connectivity index (χ0) is 14.3. The summed E-state index contributed by atoms with van der Waals surface area (Å²) in [6, 6.07) is 5.29. The predicted molar refractivity (Wildman–Crippen MR) is 67.4 cm³/mol. The number of hydrogen-bond donors (Lipinski definition) is 2. The van der Waals surface area contributed by atoms with Gasteiger partial charge in [0, 0.05) is 5.69 Å². The van der Waals surface area contributed by atoms with Gasteiger partial charge in [-0.2, -0.15) is 0 Å². The van der Waals surface area contributed by atoms with Crippen molar-refractivity contribution in [2.75, 3.05) is 5.32 Å². The molecule has 0 aliphatic carbocycles. The normalized spacial score (nSPS) is 30.4. The van der Waals surface area contributed by atoms with Gasteiger partial charge in [-0.1, -0.05) is 12.2 Å². The van der Waals surface area contributed by atoms with Gasteiger partial charge in [0.25, 0.3) is 0 Å². The van der Waals surface area contributed by atoms with E-state index in [4.69, 9.17) is 4.74 Å². The highest BCUT2D eigenvalue weighted by molar-refractivity contribution is 5.96. The maximum atomic E-state index is 12.8. The standard InChI is InChI=1S/C14H12FNO4/c15-7-1-3-8(4-2-7)16-13(17)11-9-5-6-10(20-9)12(11)14(18)19/h1-6,9-12H,(H,16,17)(H,18,19)/t9-,10+,11+,12-/m1/s1. The molecule has 2 aliphatic heterocycles. The van der Waals surface area contributed by atoms with Crippen LogP contribution in [0.4, 0.5) is 10.1 Å². The molecule has 6 heteroatoms. The van der Waals surface area contributed by atoms with Gasteiger partial charge in [0.1, 0.15) is 11.7 Å². The summed E-state index contributed by atoms with van der Waals surface area (Å²) in [7, 11) is 0. The summed E-state index contributed by atoms with van der Waals surface area (Å²) in [4.78, 5) is 23.5. The number of carbonyl (C=O) groups excluding carboxylic acids is 1. The summed E-state index contributed by atoms with van der Waals surface area (Å²) < 4.78 is 18.2. The molecule has 2 heterocycles. The first-order valence-corrected chi connectivity index (χ1v) is 6.19. The van der Waals surface area contributed by atoms with E-state index in [0.29, 0.717) is 5.69 Å². The highest BCUT2D eigenvalue weighted by Gasteiger charge is 2.53. The van der Waals surface area contributed by atoms with Crippen LogP contribution in [0.2, 0.25) is 0 Å². The van der Waals surface area contributed by atoms with Gasteiger partial charge in [-0.25, -0.2) is 4.39 Å². The summed E-state index contributed by atoms with van der Waals surface area (Å²) in [5.74, 6) is -3.54. The molecule has 0 unspecified atom stereocenters. The minimum Gasteiger partial charge on any atom is -0.481 e. The number of rotatable bonds is 3. The van der Waals surface area contributed by atoms with Gasteiger partial charge in [-0.3, -0.25) is 9.59 Å². The first-order chi connectivity index (χ1) is 9.56. The molecule has 0 aromatic heterocycles. The van der Waals surface area contributed by atoms with Crippen LogP contribution < -0.4 is 5.32 Å². The third-order valence-electron chi connectivity index (χ3n) is 3.60. The lowest BCUT2D eigenvalue weighted by molar-refractivity contribution is -0.145. The maximum absolute atomic E-state index is 12.8. The number of nitrogens with one attached hydrogen (secondary N) is 1. The molecular formula is C14H12FNO4. The van der Waals surface area contributed by atoms with E-state index in [1.807, 2.05) is 0 Å². The number of aliphatic carboxylic acids is 1. The number of halogens is 1. The van der Waals surface area contributed by atoms with Crippen LogP contribution in [0.3, 0.4) is 0 Å². The van der Waals surface area contributed by atoms with Crippen LogP contribution in [0.15, 0.2) is 36.4 Å². The van der Waals surface area contributed by atoms with E-state index in [0.717, 1.165) is 0 Å². The second kappa shape index (κ2) is 4.72. The molecule has 1 aromatic carbocycles. The van der Waals surface area contributed by atoms with Crippen molar-refractivity contribution >= 4 is 17.6 Å². The monoisotopic (exact) mass is 277 g/mol. The Bertz CT molecular complexity index is 583. The number of benzene rings is 1. The summed E-state index contributed by atoms with van der Waals surface area (Å²) in [6.45, 7) is 0. The summed E-state index contributed by atoms with van der Waals surface area (Å²) in [5, 5.41) is 11.8. The molecule has 4 atom stereocenters. The largest absolute Gasteiger partial charge is 0.481 e. The van der Waals surface area contributed by atoms with Gasteiger partial charge < -0.3 is 15.2 Å². The van der Waals surface area contributed by atoms with Crippen LogP contribution in [0.5, 0.6) is 0 Å². The summed E-state index contributed by atoms with van der Waals surface area (Å²) in [6.07, 6.45) is 2.31. The fraction of sp³-hybridized carbons (Fsp3) is 0.286. The highest BCUT2D eigenvalue weighted by atomic mass is 19.1. The van der Waals surface area contributed by atoms with Gasteiger partial charge in [0.15, 0.2) is 0 Å². The molecule has 0 radical (unpaired) electrons. The van der Waals surface area contributed by atoms with E-state index in [1.165, 1.54) is 24.3 Å². The number of hydrogen-bond acceptors (Lipinski definition) is 3. The Balaban J connectivity index is 1.78. The zero-order valence-corrected chi connectivity index (χ0v) is 10.3. The van der Waals surface area contributed by atoms with Crippen molar-refractivity contribution in [2.24, 2.45) is 11.8 Å². The van der Waals surface area contributed by atoms with Gasteiger partial charge in [0.05, 0.1) is 18.1 Å². The average molecular weight is 277 g/mol. The molecule has 1 saturated heterocycles. The molecule has 104 valence electrons. The number of carboxylic acid groups (broad SMARTS) is 1. The number of amides is 1. The van der Waals surface area contributed by atoms with E-state index in [9.17, 15) is 19.1 Å². The smallest absolute Gasteiger partial charge is 0.310 e. The summed E-state index contributed by atoms with van der Waals surface area (Å²) >= 11 is 0. The van der Waals surface area contributed by atoms with E-state index < -0.39 is 41.7 Å². The van der Waals surface area contributed by atoms with Crippen molar-refractivity contribution in [3.05, 3.63) is 42.2 Å². The fourth-order valence-corrected chi connectivity index (χ4v) is 2.67. The molecule has 0 spiro atoms. The Labute approximate surface area is 114 Å². The third-order valence-corrected chi connectivity index (χ3v) is 3.60. The zero-order valence-electron chi connectivity index (χ0n) is 10.3. The molecule has 3 rings (SSSR count). The molecule has 2 N–H and O–H groups in total. The average Bonchev–Trinajstić information content (AvgIpc) is 3.01. The minimum absolute atomic E-state index is 0.405. The Kier molecular flexibility index (Phi) is 3.02. The van der Waals surface area contributed by atoms with E-state index in [-0.39, 0.29) is 0 Å².